The first-order valence-corrected chi connectivity index (χ1v) is 8.39. The molecule has 0 radical (unpaired) electrons. The normalized spacial score (nSPS) is 10.5. The number of methoxy groups -OCH3 is 1. The fourth-order valence-corrected chi connectivity index (χ4v) is 2.82. The maximum absolute atomic E-state index is 12.2. The molecule has 0 amide bonds. The largest absolute Gasteiger partial charge is 0.497 e. The number of hydrogen-bond acceptors (Lipinski definition) is 6. The summed E-state index contributed by atoms with van der Waals surface area (Å²) in [5.74, 6) is 1.42. The Morgan fingerprint density at radius 1 is 1.12 bits per heavy atom. The molecule has 0 N–H and O–H groups in total. The molecule has 0 unspecified atom stereocenters. The van der Waals surface area contributed by atoms with Gasteiger partial charge in [-0.25, -0.2) is 0 Å². The molecule has 1 heterocycles. The maximum atomic E-state index is 12.2. The quantitative estimate of drug-likeness (QED) is 0.483. The van der Waals surface area contributed by atoms with Gasteiger partial charge < -0.3 is 9.15 Å². The standard InChI is InChI=1S/C18H16N2O3S/c1-22-15-9-5-8-14(11-15)16(21)12-24-18-20-19-17(23-18)10-13-6-3-2-4-7-13/h2-9,11H,10,12H2,1H3. The van der Waals surface area contributed by atoms with Gasteiger partial charge in [-0.05, 0) is 17.7 Å². The number of benzene rings is 2. The second-order valence-electron chi connectivity index (χ2n) is 5.07. The summed E-state index contributed by atoms with van der Waals surface area (Å²) < 4.78 is 10.7. The summed E-state index contributed by atoms with van der Waals surface area (Å²) in [6.45, 7) is 0. The average Bonchev–Trinajstić information content (AvgIpc) is 3.08. The molecule has 24 heavy (non-hydrogen) atoms. The highest BCUT2D eigenvalue weighted by atomic mass is 32.2. The summed E-state index contributed by atoms with van der Waals surface area (Å²) in [7, 11) is 1.57. The van der Waals surface area contributed by atoms with Gasteiger partial charge in [-0.3, -0.25) is 4.79 Å². The van der Waals surface area contributed by atoms with Crippen molar-refractivity contribution in [2.24, 2.45) is 0 Å². The summed E-state index contributed by atoms with van der Waals surface area (Å²) in [6, 6.07) is 17.0. The van der Waals surface area contributed by atoms with E-state index in [-0.39, 0.29) is 11.5 Å². The van der Waals surface area contributed by atoms with Crippen molar-refractivity contribution in [3.63, 3.8) is 0 Å². The summed E-state index contributed by atoms with van der Waals surface area (Å²) in [5.41, 5.74) is 1.70. The highest BCUT2D eigenvalue weighted by molar-refractivity contribution is 7.99. The Hall–Kier alpha value is -2.60. The summed E-state index contributed by atoms with van der Waals surface area (Å²) >= 11 is 1.24. The Kier molecular flexibility index (Phi) is 5.28. The molecule has 0 atom stereocenters. The van der Waals surface area contributed by atoms with E-state index in [4.69, 9.17) is 9.15 Å². The topological polar surface area (TPSA) is 65.2 Å². The average molecular weight is 340 g/mol. The second-order valence-corrected chi connectivity index (χ2v) is 5.99. The number of carbonyl (C=O) groups excluding carboxylic acids is 1. The lowest BCUT2D eigenvalue weighted by atomic mass is 10.1. The minimum atomic E-state index is -0.0123. The molecule has 0 bridgehead atoms. The van der Waals surface area contributed by atoms with Crippen LogP contribution in [0.3, 0.4) is 0 Å². The maximum Gasteiger partial charge on any atom is 0.277 e. The SMILES string of the molecule is COc1cccc(C(=O)CSc2nnc(Cc3ccccc3)o2)c1. The zero-order valence-electron chi connectivity index (χ0n) is 13.1. The van der Waals surface area contributed by atoms with E-state index in [2.05, 4.69) is 10.2 Å². The number of nitrogens with zero attached hydrogens (tertiary/aromatic N) is 2. The predicted molar refractivity (Wildman–Crippen MR) is 91.6 cm³/mol. The smallest absolute Gasteiger partial charge is 0.277 e. The van der Waals surface area contributed by atoms with Gasteiger partial charge in [0.25, 0.3) is 5.22 Å². The highest BCUT2D eigenvalue weighted by Gasteiger charge is 2.12. The van der Waals surface area contributed by atoms with Crippen LogP contribution in [0.25, 0.3) is 0 Å². The molecule has 0 fully saturated rings. The third-order valence-electron chi connectivity index (χ3n) is 3.36. The lowest BCUT2D eigenvalue weighted by molar-refractivity contribution is 0.102. The molecule has 0 saturated carbocycles. The van der Waals surface area contributed by atoms with Crippen molar-refractivity contribution in [1.82, 2.24) is 10.2 Å². The molecule has 5 nitrogen and oxygen atoms in total. The molecule has 2 aromatic carbocycles. The minimum Gasteiger partial charge on any atom is -0.497 e. The molecule has 0 saturated heterocycles. The summed E-state index contributed by atoms with van der Waals surface area (Å²) in [5, 5.41) is 8.40. The number of hydrogen-bond donors (Lipinski definition) is 0. The van der Waals surface area contributed by atoms with Crippen LogP contribution >= 0.6 is 11.8 Å². The van der Waals surface area contributed by atoms with Crippen LogP contribution in [0.1, 0.15) is 21.8 Å². The van der Waals surface area contributed by atoms with Crippen molar-refractivity contribution >= 4 is 17.5 Å². The summed E-state index contributed by atoms with van der Waals surface area (Å²) in [4.78, 5) is 12.2. The monoisotopic (exact) mass is 340 g/mol. The number of carbonyl (C=O) groups is 1. The molecular formula is C18H16N2O3S. The Balaban J connectivity index is 1.58. The van der Waals surface area contributed by atoms with E-state index >= 15 is 0 Å². The minimum absolute atomic E-state index is 0.0123. The fraction of sp³-hybridized carbons (Fsp3) is 0.167. The highest BCUT2D eigenvalue weighted by Crippen LogP contribution is 2.20. The number of ketones is 1. The van der Waals surface area contributed by atoms with Crippen molar-refractivity contribution in [1.29, 1.82) is 0 Å². The number of Topliss-reactive ketones (excluding diaryl/α,β-unsaturated/α-hetero) is 1. The van der Waals surface area contributed by atoms with Gasteiger partial charge in [-0.15, -0.1) is 10.2 Å². The molecular weight excluding hydrogens is 324 g/mol. The third-order valence-corrected chi connectivity index (χ3v) is 4.18. The van der Waals surface area contributed by atoms with E-state index in [9.17, 15) is 4.79 Å². The fourth-order valence-electron chi connectivity index (χ4n) is 2.15. The number of thioether (sulfide) groups is 1. The van der Waals surface area contributed by atoms with Gasteiger partial charge >= 0.3 is 0 Å². The van der Waals surface area contributed by atoms with Crippen LogP contribution in [-0.4, -0.2) is 28.8 Å². The van der Waals surface area contributed by atoms with Crippen molar-refractivity contribution in [3.05, 3.63) is 71.6 Å². The van der Waals surface area contributed by atoms with Gasteiger partial charge in [0, 0.05) is 5.56 Å². The first-order valence-electron chi connectivity index (χ1n) is 7.41. The lowest BCUT2D eigenvalue weighted by Gasteiger charge is -2.02. The van der Waals surface area contributed by atoms with E-state index in [1.54, 1.807) is 31.4 Å². The second kappa shape index (κ2) is 7.79. The van der Waals surface area contributed by atoms with Crippen molar-refractivity contribution in [3.8, 4) is 5.75 Å². The van der Waals surface area contributed by atoms with E-state index in [0.29, 0.717) is 28.8 Å². The molecule has 1 aromatic heterocycles. The van der Waals surface area contributed by atoms with E-state index in [0.717, 1.165) is 5.56 Å². The number of ether oxygens (including phenoxy) is 1. The van der Waals surface area contributed by atoms with Crippen LogP contribution in [-0.2, 0) is 6.42 Å². The first-order chi connectivity index (χ1) is 11.7. The Morgan fingerprint density at radius 2 is 1.96 bits per heavy atom. The Morgan fingerprint density at radius 3 is 2.75 bits per heavy atom. The third kappa shape index (κ3) is 4.23. The molecule has 3 rings (SSSR count). The molecule has 122 valence electrons. The van der Waals surface area contributed by atoms with Gasteiger partial charge in [-0.1, -0.05) is 54.2 Å². The van der Waals surface area contributed by atoms with Gasteiger partial charge in [0.1, 0.15) is 5.75 Å². The zero-order valence-corrected chi connectivity index (χ0v) is 14.0. The summed E-state index contributed by atoms with van der Waals surface area (Å²) in [6.07, 6.45) is 0.582. The van der Waals surface area contributed by atoms with Gasteiger partial charge in [-0.2, -0.15) is 0 Å². The lowest BCUT2D eigenvalue weighted by Crippen LogP contribution is -2.02. The number of rotatable bonds is 7. The van der Waals surface area contributed by atoms with Gasteiger partial charge in [0.2, 0.25) is 5.89 Å². The molecule has 6 heteroatoms. The van der Waals surface area contributed by atoms with E-state index in [1.165, 1.54) is 11.8 Å². The van der Waals surface area contributed by atoms with Gasteiger partial charge in [0.15, 0.2) is 5.78 Å². The van der Waals surface area contributed by atoms with Crippen LogP contribution in [0.5, 0.6) is 5.75 Å². The predicted octanol–water partition coefficient (Wildman–Crippen LogP) is 3.64. The molecule has 0 aliphatic carbocycles. The van der Waals surface area contributed by atoms with Crippen LogP contribution in [0.2, 0.25) is 0 Å². The van der Waals surface area contributed by atoms with Crippen molar-refractivity contribution in [2.45, 2.75) is 11.6 Å². The van der Waals surface area contributed by atoms with Crippen molar-refractivity contribution < 1.29 is 13.9 Å². The van der Waals surface area contributed by atoms with Gasteiger partial charge in [0.05, 0.1) is 19.3 Å². The van der Waals surface area contributed by atoms with E-state index < -0.39 is 0 Å². The molecule has 0 spiro atoms. The van der Waals surface area contributed by atoms with Crippen molar-refractivity contribution in [2.75, 3.05) is 12.9 Å². The Bertz CT molecular complexity index is 818. The molecule has 0 aliphatic heterocycles. The molecule has 3 aromatic rings. The zero-order chi connectivity index (χ0) is 16.8. The Labute approximate surface area is 144 Å². The van der Waals surface area contributed by atoms with Crippen LogP contribution in [0.15, 0.2) is 64.2 Å². The van der Waals surface area contributed by atoms with Crippen LogP contribution < -0.4 is 4.74 Å². The van der Waals surface area contributed by atoms with E-state index in [1.807, 2.05) is 30.3 Å². The number of aromatic nitrogens is 2. The molecule has 0 aliphatic rings. The van der Waals surface area contributed by atoms with Crippen LogP contribution in [0.4, 0.5) is 0 Å². The first kappa shape index (κ1) is 16.3. The van der Waals surface area contributed by atoms with Crippen LogP contribution in [0, 0.1) is 0 Å².